The lowest BCUT2D eigenvalue weighted by molar-refractivity contribution is 0.100. The molecular formula is C10H7Cl2N3O. The number of nitrogens with one attached hydrogen (secondary N) is 1. The Hall–Kier alpha value is -1.52. The number of nitrogens with zero attached hydrogens (tertiary/aromatic N) is 2. The van der Waals surface area contributed by atoms with Gasteiger partial charge in [0.05, 0.1) is 5.02 Å². The Balaban J connectivity index is 2.24. The molecule has 2 aromatic rings. The lowest BCUT2D eigenvalue weighted by atomic mass is 10.3. The lowest BCUT2D eigenvalue weighted by Gasteiger charge is -2.06. The van der Waals surface area contributed by atoms with Gasteiger partial charge in [0, 0.05) is 12.4 Å². The van der Waals surface area contributed by atoms with Crippen molar-refractivity contribution >= 4 is 29.1 Å². The van der Waals surface area contributed by atoms with Gasteiger partial charge in [0.1, 0.15) is 10.8 Å². The van der Waals surface area contributed by atoms with E-state index in [1.165, 1.54) is 16.8 Å². The fourth-order valence-corrected chi connectivity index (χ4v) is 1.50. The predicted octanol–water partition coefficient (Wildman–Crippen LogP) is 2.57. The Morgan fingerprint density at radius 2 is 1.94 bits per heavy atom. The fraction of sp³-hybridized carbons (Fsp3) is 0. The summed E-state index contributed by atoms with van der Waals surface area (Å²) in [7, 11) is 0. The Morgan fingerprint density at radius 1 is 1.25 bits per heavy atom. The van der Waals surface area contributed by atoms with Crippen molar-refractivity contribution in [1.29, 1.82) is 0 Å². The second-order valence-electron chi connectivity index (χ2n) is 3.00. The Kier molecular flexibility index (Phi) is 3.12. The van der Waals surface area contributed by atoms with Crippen LogP contribution < -0.4 is 5.43 Å². The van der Waals surface area contributed by atoms with Gasteiger partial charge in [-0.05, 0) is 24.3 Å². The van der Waals surface area contributed by atoms with Crippen LogP contribution in [-0.2, 0) is 0 Å². The van der Waals surface area contributed by atoms with Crippen molar-refractivity contribution in [3.63, 3.8) is 0 Å². The van der Waals surface area contributed by atoms with Crippen LogP contribution in [0.3, 0.4) is 0 Å². The highest BCUT2D eigenvalue weighted by atomic mass is 35.5. The molecule has 0 aromatic carbocycles. The molecule has 6 heteroatoms. The summed E-state index contributed by atoms with van der Waals surface area (Å²) in [6, 6.07) is 6.62. The molecule has 0 aliphatic rings. The SMILES string of the molecule is O=C(Nn1cccc1)c1nc(Cl)ccc1Cl. The number of carbonyl (C=O) groups excluding carboxylic acids is 1. The molecule has 82 valence electrons. The molecule has 0 spiro atoms. The largest absolute Gasteiger partial charge is 0.290 e. The summed E-state index contributed by atoms with van der Waals surface area (Å²) >= 11 is 11.5. The second-order valence-corrected chi connectivity index (χ2v) is 3.79. The smallest absolute Gasteiger partial charge is 0.268 e. The molecular weight excluding hydrogens is 249 g/mol. The predicted molar refractivity (Wildman–Crippen MR) is 62.4 cm³/mol. The highest BCUT2D eigenvalue weighted by Crippen LogP contribution is 2.16. The average Bonchev–Trinajstić information content (AvgIpc) is 2.74. The van der Waals surface area contributed by atoms with Crippen LogP contribution in [0.4, 0.5) is 0 Å². The zero-order valence-corrected chi connectivity index (χ0v) is 9.53. The molecule has 4 nitrogen and oxygen atoms in total. The van der Waals surface area contributed by atoms with Gasteiger partial charge in [0.15, 0.2) is 0 Å². The number of halogens is 2. The maximum Gasteiger partial charge on any atom is 0.290 e. The minimum atomic E-state index is -0.413. The Bertz CT molecular complexity index is 511. The number of aromatic nitrogens is 2. The molecule has 2 rings (SSSR count). The van der Waals surface area contributed by atoms with Crippen LogP contribution in [0.15, 0.2) is 36.7 Å². The molecule has 1 N–H and O–H groups in total. The van der Waals surface area contributed by atoms with Gasteiger partial charge in [0.2, 0.25) is 0 Å². The molecule has 1 amide bonds. The number of amides is 1. The van der Waals surface area contributed by atoms with E-state index in [1.807, 2.05) is 0 Å². The fourth-order valence-electron chi connectivity index (χ4n) is 1.16. The van der Waals surface area contributed by atoms with Gasteiger partial charge in [-0.3, -0.25) is 14.9 Å². The summed E-state index contributed by atoms with van der Waals surface area (Å²) in [5.74, 6) is -0.413. The minimum absolute atomic E-state index is 0.0999. The Morgan fingerprint density at radius 3 is 2.62 bits per heavy atom. The number of pyridine rings is 1. The van der Waals surface area contributed by atoms with Gasteiger partial charge >= 0.3 is 0 Å². The van der Waals surface area contributed by atoms with Crippen molar-refractivity contribution in [3.8, 4) is 0 Å². The molecule has 0 bridgehead atoms. The van der Waals surface area contributed by atoms with Gasteiger partial charge in [-0.2, -0.15) is 0 Å². The molecule has 0 saturated carbocycles. The normalized spacial score (nSPS) is 10.1. The van der Waals surface area contributed by atoms with Crippen molar-refractivity contribution in [1.82, 2.24) is 9.66 Å². The topological polar surface area (TPSA) is 46.9 Å². The van der Waals surface area contributed by atoms with Crippen molar-refractivity contribution in [2.75, 3.05) is 5.43 Å². The third kappa shape index (κ3) is 2.35. The van der Waals surface area contributed by atoms with E-state index in [0.717, 1.165) is 0 Å². The van der Waals surface area contributed by atoms with Crippen LogP contribution in [0, 0.1) is 0 Å². The molecule has 0 fully saturated rings. The van der Waals surface area contributed by atoms with Crippen LogP contribution in [-0.4, -0.2) is 15.6 Å². The molecule has 2 heterocycles. The molecule has 0 radical (unpaired) electrons. The summed E-state index contributed by atoms with van der Waals surface area (Å²) in [6.07, 6.45) is 3.38. The van der Waals surface area contributed by atoms with Crippen LogP contribution in [0.25, 0.3) is 0 Å². The molecule has 0 atom stereocenters. The van der Waals surface area contributed by atoms with E-state index in [4.69, 9.17) is 23.2 Å². The van der Waals surface area contributed by atoms with E-state index in [9.17, 15) is 4.79 Å². The lowest BCUT2D eigenvalue weighted by Crippen LogP contribution is -2.22. The van der Waals surface area contributed by atoms with E-state index < -0.39 is 5.91 Å². The van der Waals surface area contributed by atoms with Crippen molar-refractivity contribution < 1.29 is 4.79 Å². The highest BCUT2D eigenvalue weighted by molar-refractivity contribution is 6.35. The number of rotatable bonds is 2. The summed E-state index contributed by atoms with van der Waals surface area (Å²) in [5.41, 5.74) is 2.68. The van der Waals surface area contributed by atoms with Gasteiger partial charge in [0.25, 0.3) is 5.91 Å². The maximum absolute atomic E-state index is 11.7. The number of carbonyl (C=O) groups is 1. The first-order valence-electron chi connectivity index (χ1n) is 4.43. The van der Waals surface area contributed by atoms with Crippen LogP contribution in [0.5, 0.6) is 0 Å². The molecule has 0 saturated heterocycles. The van der Waals surface area contributed by atoms with Crippen molar-refractivity contribution in [2.24, 2.45) is 0 Å². The average molecular weight is 256 g/mol. The van der Waals surface area contributed by atoms with E-state index in [0.29, 0.717) is 0 Å². The van der Waals surface area contributed by atoms with Gasteiger partial charge in [-0.25, -0.2) is 4.98 Å². The summed E-state index contributed by atoms with van der Waals surface area (Å²) < 4.78 is 1.50. The quantitative estimate of drug-likeness (QED) is 0.839. The highest BCUT2D eigenvalue weighted by Gasteiger charge is 2.12. The van der Waals surface area contributed by atoms with Gasteiger partial charge < -0.3 is 0 Å². The minimum Gasteiger partial charge on any atom is -0.268 e. The second kappa shape index (κ2) is 4.55. The molecule has 2 aromatic heterocycles. The van der Waals surface area contributed by atoms with E-state index in [1.54, 1.807) is 24.5 Å². The van der Waals surface area contributed by atoms with Gasteiger partial charge in [-0.1, -0.05) is 23.2 Å². The maximum atomic E-state index is 11.7. The first kappa shape index (κ1) is 11.0. The van der Waals surface area contributed by atoms with Crippen LogP contribution >= 0.6 is 23.2 Å². The van der Waals surface area contributed by atoms with Crippen molar-refractivity contribution in [3.05, 3.63) is 52.5 Å². The van der Waals surface area contributed by atoms with E-state index in [2.05, 4.69) is 10.4 Å². The summed E-state index contributed by atoms with van der Waals surface area (Å²) in [6.45, 7) is 0. The first-order chi connectivity index (χ1) is 7.66. The first-order valence-corrected chi connectivity index (χ1v) is 5.19. The monoisotopic (exact) mass is 255 g/mol. The number of hydrogen-bond acceptors (Lipinski definition) is 2. The van der Waals surface area contributed by atoms with Crippen LogP contribution in [0.2, 0.25) is 10.2 Å². The van der Waals surface area contributed by atoms with E-state index in [-0.39, 0.29) is 15.9 Å². The molecule has 0 unspecified atom stereocenters. The summed E-state index contributed by atoms with van der Waals surface area (Å²) in [5, 5.41) is 0.483. The molecule has 16 heavy (non-hydrogen) atoms. The number of hydrogen-bond donors (Lipinski definition) is 1. The zero-order valence-electron chi connectivity index (χ0n) is 8.02. The van der Waals surface area contributed by atoms with Crippen molar-refractivity contribution in [2.45, 2.75) is 0 Å². The zero-order chi connectivity index (χ0) is 11.5. The summed E-state index contributed by atoms with van der Waals surface area (Å²) in [4.78, 5) is 15.6. The Labute approximate surface area is 102 Å². The standard InChI is InChI=1S/C10H7Cl2N3O/c11-7-3-4-8(12)13-9(7)10(16)14-15-5-1-2-6-15/h1-6H,(H,14,16). The third-order valence-corrected chi connectivity index (χ3v) is 2.38. The molecule has 0 aliphatic carbocycles. The van der Waals surface area contributed by atoms with E-state index >= 15 is 0 Å². The van der Waals surface area contributed by atoms with Crippen LogP contribution in [0.1, 0.15) is 10.5 Å². The molecule has 0 aliphatic heterocycles. The third-order valence-electron chi connectivity index (χ3n) is 1.86. The van der Waals surface area contributed by atoms with Gasteiger partial charge in [-0.15, -0.1) is 0 Å².